The molecule has 0 fully saturated rings. The van der Waals surface area contributed by atoms with E-state index >= 15 is 0 Å². The number of rotatable bonds is 0. The summed E-state index contributed by atoms with van der Waals surface area (Å²) >= 11 is 1.94. The SMILES string of the molecule is CN1N=CN(F)C1I. The maximum atomic E-state index is 12.2. The molecule has 3 nitrogen and oxygen atoms in total. The summed E-state index contributed by atoms with van der Waals surface area (Å²) in [7, 11) is 1.72. The van der Waals surface area contributed by atoms with Gasteiger partial charge in [0.1, 0.15) is 6.34 Å². The Balaban J connectivity index is 2.55. The van der Waals surface area contributed by atoms with Gasteiger partial charge in [0, 0.05) is 7.05 Å². The van der Waals surface area contributed by atoms with E-state index in [2.05, 4.69) is 5.10 Å². The van der Waals surface area contributed by atoms with E-state index in [1.165, 1.54) is 5.01 Å². The maximum Gasteiger partial charge on any atom is 0.199 e. The third-order valence-electron chi connectivity index (χ3n) is 0.856. The molecule has 5 heteroatoms. The minimum Gasteiger partial charge on any atom is -0.264 e. The van der Waals surface area contributed by atoms with Crippen molar-refractivity contribution in [1.29, 1.82) is 0 Å². The van der Waals surface area contributed by atoms with Crippen LogP contribution in [0.4, 0.5) is 4.48 Å². The smallest absolute Gasteiger partial charge is 0.199 e. The molecule has 0 aromatic rings. The third-order valence-corrected chi connectivity index (χ3v) is 2.19. The van der Waals surface area contributed by atoms with E-state index in [0.717, 1.165) is 6.34 Å². The van der Waals surface area contributed by atoms with Gasteiger partial charge in [-0.1, -0.05) is 4.48 Å². The van der Waals surface area contributed by atoms with Gasteiger partial charge in [-0.25, -0.2) is 0 Å². The minimum atomic E-state index is -0.271. The Labute approximate surface area is 60.2 Å². The first-order valence-electron chi connectivity index (χ1n) is 2.07. The third kappa shape index (κ3) is 0.862. The van der Waals surface area contributed by atoms with Gasteiger partial charge in [0.05, 0.1) is 0 Å². The summed E-state index contributed by atoms with van der Waals surface area (Å²) in [6.45, 7) is 0. The number of nitrogens with zero attached hydrogens (tertiary/aromatic N) is 3. The summed E-state index contributed by atoms with van der Waals surface area (Å²) in [5.74, 6) is 0. The van der Waals surface area contributed by atoms with E-state index in [-0.39, 0.29) is 4.17 Å². The summed E-state index contributed by atoms with van der Waals surface area (Å²) in [6, 6.07) is 0. The fraction of sp³-hybridized carbons (Fsp3) is 0.667. The Kier molecular flexibility index (Phi) is 1.54. The first-order chi connectivity index (χ1) is 3.72. The average Bonchev–Trinajstić information content (AvgIpc) is 1.98. The van der Waals surface area contributed by atoms with E-state index < -0.39 is 0 Å². The number of alkyl halides is 1. The molecule has 0 saturated heterocycles. The van der Waals surface area contributed by atoms with Crippen LogP contribution in [0, 0.1) is 0 Å². The molecular weight excluding hydrogens is 224 g/mol. The molecule has 0 aromatic heterocycles. The van der Waals surface area contributed by atoms with Crippen molar-refractivity contribution in [2.75, 3.05) is 7.05 Å². The average molecular weight is 229 g/mol. The van der Waals surface area contributed by atoms with Crippen LogP contribution in [0.25, 0.3) is 0 Å². The van der Waals surface area contributed by atoms with Gasteiger partial charge < -0.3 is 0 Å². The second kappa shape index (κ2) is 2.04. The monoisotopic (exact) mass is 229 g/mol. The first kappa shape index (κ1) is 6.06. The van der Waals surface area contributed by atoms with Crippen LogP contribution in [0.1, 0.15) is 0 Å². The predicted molar refractivity (Wildman–Crippen MR) is 37.0 cm³/mol. The lowest BCUT2D eigenvalue weighted by atomic mass is 11.0. The van der Waals surface area contributed by atoms with Crippen molar-refractivity contribution in [1.82, 2.24) is 10.1 Å². The molecule has 0 saturated carbocycles. The molecule has 0 amide bonds. The molecule has 46 valence electrons. The molecule has 1 unspecified atom stereocenters. The predicted octanol–water partition coefficient (Wildman–Crippen LogP) is 0.780. The van der Waals surface area contributed by atoms with Gasteiger partial charge in [-0.15, -0.1) is 0 Å². The normalized spacial score (nSPS) is 27.6. The van der Waals surface area contributed by atoms with E-state index in [9.17, 15) is 4.48 Å². The lowest BCUT2D eigenvalue weighted by Gasteiger charge is -2.13. The second-order valence-corrected chi connectivity index (χ2v) is 2.57. The van der Waals surface area contributed by atoms with E-state index in [1.807, 2.05) is 22.6 Å². The fourth-order valence-corrected chi connectivity index (χ4v) is 0.688. The highest BCUT2D eigenvalue weighted by Gasteiger charge is 2.20. The molecule has 1 aliphatic heterocycles. The van der Waals surface area contributed by atoms with Gasteiger partial charge >= 0.3 is 0 Å². The zero-order valence-corrected chi connectivity index (χ0v) is 6.41. The van der Waals surface area contributed by atoms with Gasteiger partial charge in [-0.2, -0.15) is 10.2 Å². The molecule has 8 heavy (non-hydrogen) atoms. The Bertz CT molecular complexity index is 105. The molecule has 0 aliphatic carbocycles. The molecular formula is C3H5FIN3. The standard InChI is InChI=1S/C3H5FIN3/c1-7-3(5)8(4)2-6-7/h2-3H,1H3. The van der Waals surface area contributed by atoms with E-state index in [0.29, 0.717) is 5.12 Å². The summed E-state index contributed by atoms with van der Waals surface area (Å²) in [4.78, 5) is 0. The van der Waals surface area contributed by atoms with Gasteiger partial charge in [-0.05, 0) is 22.6 Å². The maximum absolute atomic E-state index is 12.2. The number of halogens is 2. The van der Waals surface area contributed by atoms with Crippen LogP contribution in [0.5, 0.6) is 0 Å². The Morgan fingerprint density at radius 3 is 2.62 bits per heavy atom. The lowest BCUT2D eigenvalue weighted by molar-refractivity contribution is 0.0795. The van der Waals surface area contributed by atoms with E-state index in [4.69, 9.17) is 0 Å². The minimum absolute atomic E-state index is 0.271. The fourth-order valence-electron chi connectivity index (χ4n) is 0.400. The van der Waals surface area contributed by atoms with Crippen molar-refractivity contribution < 1.29 is 4.48 Å². The van der Waals surface area contributed by atoms with Gasteiger partial charge in [0.15, 0.2) is 4.17 Å². The van der Waals surface area contributed by atoms with Gasteiger partial charge in [0.2, 0.25) is 0 Å². The Hall–Kier alpha value is -0.0700. The first-order valence-corrected chi connectivity index (χ1v) is 3.31. The van der Waals surface area contributed by atoms with Gasteiger partial charge in [-0.3, -0.25) is 5.01 Å². The highest BCUT2D eigenvalue weighted by molar-refractivity contribution is 14.1. The van der Waals surface area contributed by atoms with Crippen LogP contribution in [-0.2, 0) is 0 Å². The molecule has 0 aromatic carbocycles. The lowest BCUT2D eigenvalue weighted by Crippen LogP contribution is -2.25. The molecule has 0 spiro atoms. The molecule has 1 heterocycles. The quantitative estimate of drug-likeness (QED) is 0.264. The highest BCUT2D eigenvalue weighted by atomic mass is 127. The topological polar surface area (TPSA) is 18.8 Å². The number of hydrazone groups is 1. The molecule has 0 bridgehead atoms. The van der Waals surface area contributed by atoms with Crippen molar-refractivity contribution in [3.8, 4) is 0 Å². The van der Waals surface area contributed by atoms with E-state index in [1.54, 1.807) is 7.05 Å². The second-order valence-electron chi connectivity index (χ2n) is 1.46. The molecule has 1 rings (SSSR count). The van der Waals surface area contributed by atoms with Crippen molar-refractivity contribution in [3.05, 3.63) is 0 Å². The number of hydrogen-bond donors (Lipinski definition) is 0. The van der Waals surface area contributed by atoms with Crippen molar-refractivity contribution in [3.63, 3.8) is 0 Å². The zero-order valence-electron chi connectivity index (χ0n) is 4.25. The molecule has 0 N–H and O–H groups in total. The van der Waals surface area contributed by atoms with Crippen molar-refractivity contribution in [2.24, 2.45) is 5.10 Å². The van der Waals surface area contributed by atoms with Crippen LogP contribution in [0.15, 0.2) is 5.10 Å². The Morgan fingerprint density at radius 1 is 1.88 bits per heavy atom. The summed E-state index contributed by atoms with van der Waals surface area (Å²) in [5, 5.41) is 5.72. The van der Waals surface area contributed by atoms with Crippen LogP contribution >= 0.6 is 22.6 Å². The van der Waals surface area contributed by atoms with Crippen LogP contribution in [0.3, 0.4) is 0 Å². The van der Waals surface area contributed by atoms with Crippen LogP contribution < -0.4 is 0 Å². The number of hydrogen-bond acceptors (Lipinski definition) is 3. The summed E-state index contributed by atoms with van der Waals surface area (Å²) in [6.07, 6.45) is 1.15. The largest absolute Gasteiger partial charge is 0.264 e. The van der Waals surface area contributed by atoms with Crippen LogP contribution in [-0.4, -0.2) is 27.7 Å². The van der Waals surface area contributed by atoms with Gasteiger partial charge in [0.25, 0.3) is 0 Å². The van der Waals surface area contributed by atoms with Crippen molar-refractivity contribution in [2.45, 2.75) is 4.17 Å². The summed E-state index contributed by atoms with van der Waals surface area (Å²) < 4.78 is 11.9. The van der Waals surface area contributed by atoms with Crippen molar-refractivity contribution >= 4 is 28.9 Å². The molecule has 0 radical (unpaired) electrons. The Morgan fingerprint density at radius 2 is 2.50 bits per heavy atom. The van der Waals surface area contributed by atoms with Crippen LogP contribution in [0.2, 0.25) is 0 Å². The zero-order chi connectivity index (χ0) is 6.15. The molecule has 1 atom stereocenters. The summed E-state index contributed by atoms with van der Waals surface area (Å²) in [5.41, 5.74) is 0. The highest BCUT2D eigenvalue weighted by Crippen LogP contribution is 2.15. The molecule has 1 aliphatic rings.